The number of para-hydroxylation sites is 3. The third-order valence-corrected chi connectivity index (χ3v) is 10.9. The van der Waals surface area contributed by atoms with Crippen molar-refractivity contribution in [2.75, 3.05) is 0 Å². The van der Waals surface area contributed by atoms with Crippen molar-refractivity contribution < 1.29 is 4.42 Å². The second kappa shape index (κ2) is 10.6. The highest BCUT2D eigenvalue weighted by Crippen LogP contribution is 2.44. The molecule has 0 N–H and O–H groups in total. The molecule has 0 spiro atoms. The quantitative estimate of drug-likeness (QED) is 0.187. The van der Waals surface area contributed by atoms with Gasteiger partial charge in [0.1, 0.15) is 11.2 Å². The van der Waals surface area contributed by atoms with E-state index in [2.05, 4.69) is 161 Å². The summed E-state index contributed by atoms with van der Waals surface area (Å²) in [5.41, 5.74) is 10.0. The molecule has 0 saturated carbocycles. The van der Waals surface area contributed by atoms with Crippen LogP contribution in [0.15, 0.2) is 174 Å². The van der Waals surface area contributed by atoms with E-state index in [9.17, 15) is 0 Å². The maximum Gasteiger partial charge on any atom is 0.235 e. The van der Waals surface area contributed by atoms with Gasteiger partial charge in [-0.05, 0) is 35.7 Å². The highest BCUT2D eigenvalue weighted by Gasteiger charge is 2.25. The number of furan rings is 1. The maximum absolute atomic E-state index is 6.52. The summed E-state index contributed by atoms with van der Waals surface area (Å²) >= 11 is 0. The molecule has 0 amide bonds. The van der Waals surface area contributed by atoms with Crippen molar-refractivity contribution in [1.29, 1.82) is 0 Å². The van der Waals surface area contributed by atoms with Gasteiger partial charge in [-0.3, -0.25) is 4.57 Å². The first-order valence-electron chi connectivity index (χ1n) is 17.9. The molecule has 0 fully saturated rings. The van der Waals surface area contributed by atoms with Gasteiger partial charge in [-0.15, -0.1) is 0 Å². The molecule has 4 heterocycles. The molecule has 12 rings (SSSR count). The average molecular weight is 677 g/mol. The zero-order valence-electron chi connectivity index (χ0n) is 28.4. The maximum atomic E-state index is 6.52. The number of hydrogen-bond donors (Lipinski definition) is 0. The lowest BCUT2D eigenvalue weighted by Crippen LogP contribution is -2.05. The van der Waals surface area contributed by atoms with Gasteiger partial charge in [0.2, 0.25) is 5.95 Å². The molecule has 0 aliphatic carbocycles. The van der Waals surface area contributed by atoms with E-state index in [0.29, 0.717) is 5.95 Å². The summed E-state index contributed by atoms with van der Waals surface area (Å²) in [5.74, 6) is 0.635. The summed E-state index contributed by atoms with van der Waals surface area (Å²) in [5, 5.41) is 10.2. The van der Waals surface area contributed by atoms with Crippen LogP contribution in [0, 0.1) is 0 Å². The van der Waals surface area contributed by atoms with Crippen molar-refractivity contribution in [1.82, 2.24) is 19.1 Å². The third kappa shape index (κ3) is 3.96. The SMILES string of the molecule is c1ccc(-c2nc(-n3c4ccccc4c4ccc5c6cc7c(cc6n(-c6cccc8ccccc68)c5c43)oc3ccccc37)nc3ccccc23)cc1. The van der Waals surface area contributed by atoms with Gasteiger partial charge in [0.25, 0.3) is 0 Å². The van der Waals surface area contributed by atoms with Gasteiger partial charge in [-0.25, -0.2) is 9.97 Å². The smallest absolute Gasteiger partial charge is 0.235 e. The molecule has 53 heavy (non-hydrogen) atoms. The van der Waals surface area contributed by atoms with Crippen molar-refractivity contribution >= 4 is 87.2 Å². The number of benzene rings is 8. The summed E-state index contributed by atoms with van der Waals surface area (Å²) in [4.78, 5) is 10.7. The number of rotatable bonds is 3. The van der Waals surface area contributed by atoms with E-state index in [1.165, 1.54) is 10.8 Å². The molecule has 0 saturated heterocycles. The zero-order valence-corrected chi connectivity index (χ0v) is 28.4. The summed E-state index contributed by atoms with van der Waals surface area (Å²) in [6.07, 6.45) is 0. The van der Waals surface area contributed by atoms with Crippen LogP contribution in [0.5, 0.6) is 0 Å². The predicted octanol–water partition coefficient (Wildman–Crippen LogP) is 12.5. The molecular weight excluding hydrogens is 649 g/mol. The molecule has 0 bridgehead atoms. The van der Waals surface area contributed by atoms with Crippen LogP contribution in [-0.4, -0.2) is 19.1 Å². The second-order valence-corrected chi connectivity index (χ2v) is 13.8. The van der Waals surface area contributed by atoms with Crippen molar-refractivity contribution in [3.8, 4) is 22.9 Å². The van der Waals surface area contributed by atoms with Gasteiger partial charge in [-0.2, -0.15) is 0 Å². The summed E-state index contributed by atoms with van der Waals surface area (Å²) in [6, 6.07) is 60.0. The third-order valence-electron chi connectivity index (χ3n) is 10.9. The summed E-state index contributed by atoms with van der Waals surface area (Å²) < 4.78 is 11.2. The molecule has 0 aliphatic rings. The Morgan fingerprint density at radius 1 is 0.396 bits per heavy atom. The van der Waals surface area contributed by atoms with Crippen LogP contribution < -0.4 is 0 Å². The Hall–Kier alpha value is -7.24. The Morgan fingerprint density at radius 2 is 1.08 bits per heavy atom. The average Bonchev–Trinajstić information content (AvgIpc) is 3.87. The molecule has 0 unspecified atom stereocenters. The van der Waals surface area contributed by atoms with E-state index in [0.717, 1.165) is 93.4 Å². The second-order valence-electron chi connectivity index (χ2n) is 13.8. The molecular formula is C48H28N4O. The monoisotopic (exact) mass is 676 g/mol. The van der Waals surface area contributed by atoms with Gasteiger partial charge >= 0.3 is 0 Å². The highest BCUT2D eigenvalue weighted by atomic mass is 16.3. The van der Waals surface area contributed by atoms with Crippen LogP contribution in [0.3, 0.4) is 0 Å². The van der Waals surface area contributed by atoms with Crippen LogP contribution in [0.25, 0.3) is 110 Å². The number of nitrogens with zero attached hydrogens (tertiary/aromatic N) is 4. The molecule has 5 heteroatoms. The minimum atomic E-state index is 0.635. The van der Waals surface area contributed by atoms with E-state index >= 15 is 0 Å². The fourth-order valence-corrected chi connectivity index (χ4v) is 8.61. The molecule has 246 valence electrons. The fraction of sp³-hybridized carbons (Fsp3) is 0. The topological polar surface area (TPSA) is 48.8 Å². The number of hydrogen-bond acceptors (Lipinski definition) is 3. The van der Waals surface area contributed by atoms with Gasteiger partial charge < -0.3 is 8.98 Å². The lowest BCUT2D eigenvalue weighted by molar-refractivity contribution is 0.669. The largest absolute Gasteiger partial charge is 0.456 e. The van der Waals surface area contributed by atoms with Gasteiger partial charge in [-0.1, -0.05) is 133 Å². The molecule has 8 aromatic carbocycles. The van der Waals surface area contributed by atoms with Crippen LogP contribution >= 0.6 is 0 Å². The van der Waals surface area contributed by atoms with Crippen LogP contribution in [0.4, 0.5) is 0 Å². The first-order chi connectivity index (χ1) is 26.3. The van der Waals surface area contributed by atoms with Crippen molar-refractivity contribution in [3.63, 3.8) is 0 Å². The minimum absolute atomic E-state index is 0.635. The van der Waals surface area contributed by atoms with Crippen molar-refractivity contribution in [2.45, 2.75) is 0 Å². The van der Waals surface area contributed by atoms with E-state index in [1.54, 1.807) is 0 Å². The Morgan fingerprint density at radius 3 is 1.96 bits per heavy atom. The Labute approximate surface area is 302 Å². The van der Waals surface area contributed by atoms with Gasteiger partial charge in [0, 0.05) is 54.7 Å². The van der Waals surface area contributed by atoms with Crippen molar-refractivity contribution in [2.24, 2.45) is 0 Å². The Balaban J connectivity index is 1.31. The standard InChI is InChI=1S/C48H28N4O/c1-2-14-30(15-3-1)45-36-20-6-9-21-39(36)49-48(50-45)52-41-22-10-7-18-32(41)34-25-26-35-37-27-38-33-19-8-11-24-43(33)53-44(38)28-42(37)51(46(35)47(34)52)40-23-12-16-29-13-4-5-17-31(29)40/h1-28H. The predicted molar refractivity (Wildman–Crippen MR) is 218 cm³/mol. The summed E-state index contributed by atoms with van der Waals surface area (Å²) in [7, 11) is 0. The first kappa shape index (κ1) is 28.5. The zero-order chi connectivity index (χ0) is 34.6. The van der Waals surface area contributed by atoms with Gasteiger partial charge in [0.05, 0.1) is 39.0 Å². The van der Waals surface area contributed by atoms with E-state index in [1.807, 2.05) is 18.2 Å². The summed E-state index contributed by atoms with van der Waals surface area (Å²) in [6.45, 7) is 0. The van der Waals surface area contributed by atoms with E-state index in [-0.39, 0.29) is 0 Å². The Bertz CT molecular complexity index is 3450. The van der Waals surface area contributed by atoms with Gasteiger partial charge in [0.15, 0.2) is 0 Å². The minimum Gasteiger partial charge on any atom is -0.456 e. The van der Waals surface area contributed by atoms with Crippen LogP contribution in [-0.2, 0) is 0 Å². The van der Waals surface area contributed by atoms with Crippen molar-refractivity contribution in [3.05, 3.63) is 170 Å². The number of fused-ring (bicyclic) bond motifs is 12. The van der Waals surface area contributed by atoms with Crippen LogP contribution in [0.1, 0.15) is 0 Å². The lowest BCUT2D eigenvalue weighted by Gasteiger charge is -2.15. The lowest BCUT2D eigenvalue weighted by atomic mass is 10.1. The molecule has 12 aromatic rings. The molecule has 0 aliphatic heterocycles. The van der Waals surface area contributed by atoms with Crippen LogP contribution in [0.2, 0.25) is 0 Å². The fourth-order valence-electron chi connectivity index (χ4n) is 8.61. The molecule has 4 aromatic heterocycles. The molecule has 0 atom stereocenters. The normalized spacial score (nSPS) is 12.2. The highest BCUT2D eigenvalue weighted by molar-refractivity contribution is 6.26. The Kier molecular flexibility index (Phi) is 5.71. The molecule has 5 nitrogen and oxygen atoms in total. The van der Waals surface area contributed by atoms with E-state index < -0.39 is 0 Å². The van der Waals surface area contributed by atoms with E-state index in [4.69, 9.17) is 14.4 Å². The number of aromatic nitrogens is 4. The molecule has 0 radical (unpaired) electrons. The first-order valence-corrected chi connectivity index (χ1v) is 17.9.